The number of amides is 1. The maximum Gasteiger partial charge on any atom is 0.223 e. The molecule has 6 nitrogen and oxygen atoms in total. The first-order valence-electron chi connectivity index (χ1n) is 5.43. The summed E-state index contributed by atoms with van der Waals surface area (Å²) < 4.78 is 4.85. The van der Waals surface area contributed by atoms with Gasteiger partial charge in [0.15, 0.2) is 5.82 Å². The average Bonchev–Trinajstić information content (AvgIpc) is 2.69. The van der Waals surface area contributed by atoms with Crippen LogP contribution < -0.4 is 10.6 Å². The number of hydrogen-bond acceptors (Lipinski definition) is 5. The number of carbonyl (C=O) groups excluding carboxylic acids is 1. The third kappa shape index (κ3) is 4.88. The Morgan fingerprint density at radius 2 is 2.25 bits per heavy atom. The van der Waals surface area contributed by atoms with Gasteiger partial charge in [-0.05, 0) is 13.0 Å². The molecule has 0 aromatic carbocycles. The molecule has 0 spiro atoms. The van der Waals surface area contributed by atoms with E-state index in [-0.39, 0.29) is 5.91 Å². The predicted octanol–water partition coefficient (Wildman–Crippen LogP) is 0.0363. The summed E-state index contributed by atoms with van der Waals surface area (Å²) >= 11 is 0. The fraction of sp³-hybridized carbons (Fsp3) is 0.700. The first-order chi connectivity index (χ1) is 7.72. The van der Waals surface area contributed by atoms with E-state index in [2.05, 4.69) is 20.8 Å². The molecular formula is C10H18N4O2. The van der Waals surface area contributed by atoms with Crippen molar-refractivity contribution in [2.45, 2.75) is 26.2 Å². The minimum absolute atomic E-state index is 0.0793. The highest BCUT2D eigenvalue weighted by Gasteiger charge is 2.01. The van der Waals surface area contributed by atoms with Gasteiger partial charge >= 0.3 is 0 Å². The van der Waals surface area contributed by atoms with Crippen molar-refractivity contribution in [1.82, 2.24) is 20.8 Å². The van der Waals surface area contributed by atoms with Crippen molar-refractivity contribution in [1.29, 1.82) is 0 Å². The van der Waals surface area contributed by atoms with E-state index in [1.54, 1.807) is 14.0 Å². The number of rotatable bonds is 7. The van der Waals surface area contributed by atoms with Gasteiger partial charge in [0.25, 0.3) is 0 Å². The molecule has 0 saturated heterocycles. The second kappa shape index (κ2) is 6.95. The lowest BCUT2D eigenvalue weighted by Crippen LogP contribution is -2.22. The molecule has 0 aliphatic heterocycles. The Hall–Kier alpha value is -1.43. The Morgan fingerprint density at radius 3 is 2.88 bits per heavy atom. The van der Waals surface area contributed by atoms with E-state index < -0.39 is 0 Å². The highest BCUT2D eigenvalue weighted by Crippen LogP contribution is 1.94. The van der Waals surface area contributed by atoms with E-state index in [9.17, 15) is 4.79 Å². The Labute approximate surface area is 94.8 Å². The summed E-state index contributed by atoms with van der Waals surface area (Å²) in [5.41, 5.74) is 0. The van der Waals surface area contributed by atoms with E-state index in [4.69, 9.17) is 4.52 Å². The third-order valence-corrected chi connectivity index (χ3v) is 2.13. The SMILES string of the molecule is CNC(=O)CCCNCCc1noc(C)n1. The molecule has 0 saturated carbocycles. The first kappa shape index (κ1) is 12.6. The third-order valence-electron chi connectivity index (χ3n) is 2.13. The zero-order chi connectivity index (χ0) is 11.8. The van der Waals surface area contributed by atoms with Gasteiger partial charge in [-0.2, -0.15) is 4.98 Å². The molecule has 0 unspecified atom stereocenters. The largest absolute Gasteiger partial charge is 0.359 e. The quantitative estimate of drug-likeness (QED) is 0.641. The number of nitrogens with one attached hydrogen (secondary N) is 2. The van der Waals surface area contributed by atoms with Gasteiger partial charge in [0.05, 0.1) is 0 Å². The van der Waals surface area contributed by atoms with Gasteiger partial charge in [-0.25, -0.2) is 0 Å². The van der Waals surface area contributed by atoms with Crippen LogP contribution in [0.25, 0.3) is 0 Å². The number of nitrogens with zero attached hydrogens (tertiary/aromatic N) is 2. The van der Waals surface area contributed by atoms with Gasteiger partial charge in [-0.1, -0.05) is 5.16 Å². The molecule has 1 aromatic heterocycles. The summed E-state index contributed by atoms with van der Waals surface area (Å²) in [6, 6.07) is 0. The fourth-order valence-corrected chi connectivity index (χ4v) is 1.27. The van der Waals surface area contributed by atoms with E-state index in [0.717, 1.165) is 31.8 Å². The Morgan fingerprint density at radius 1 is 1.44 bits per heavy atom. The zero-order valence-electron chi connectivity index (χ0n) is 9.75. The van der Waals surface area contributed by atoms with Crippen molar-refractivity contribution in [2.75, 3.05) is 20.1 Å². The van der Waals surface area contributed by atoms with Crippen LogP contribution >= 0.6 is 0 Å². The molecule has 0 radical (unpaired) electrons. The summed E-state index contributed by atoms with van der Waals surface area (Å²) in [7, 11) is 1.65. The number of hydrogen-bond donors (Lipinski definition) is 2. The lowest BCUT2D eigenvalue weighted by atomic mass is 10.3. The number of aryl methyl sites for hydroxylation is 1. The van der Waals surface area contributed by atoms with Crippen molar-refractivity contribution in [2.24, 2.45) is 0 Å². The Kier molecular flexibility index (Phi) is 5.49. The molecule has 2 N–H and O–H groups in total. The van der Waals surface area contributed by atoms with Crippen molar-refractivity contribution in [3.63, 3.8) is 0 Å². The zero-order valence-corrected chi connectivity index (χ0v) is 9.75. The van der Waals surface area contributed by atoms with Gasteiger partial charge in [-0.15, -0.1) is 0 Å². The van der Waals surface area contributed by atoms with Crippen molar-refractivity contribution >= 4 is 5.91 Å². The lowest BCUT2D eigenvalue weighted by Gasteiger charge is -2.02. The van der Waals surface area contributed by atoms with Crippen LogP contribution in [0.15, 0.2) is 4.52 Å². The minimum Gasteiger partial charge on any atom is -0.359 e. The van der Waals surface area contributed by atoms with Crippen LogP contribution in [0.2, 0.25) is 0 Å². The molecule has 0 bridgehead atoms. The second-order valence-electron chi connectivity index (χ2n) is 3.51. The molecule has 0 atom stereocenters. The molecule has 6 heteroatoms. The molecular weight excluding hydrogens is 208 g/mol. The van der Waals surface area contributed by atoms with Crippen LogP contribution in [0.5, 0.6) is 0 Å². The highest BCUT2D eigenvalue weighted by atomic mass is 16.5. The molecule has 0 aliphatic carbocycles. The molecule has 1 heterocycles. The molecule has 0 aliphatic rings. The average molecular weight is 226 g/mol. The second-order valence-corrected chi connectivity index (χ2v) is 3.51. The summed E-state index contributed by atoms with van der Waals surface area (Å²) in [6.07, 6.45) is 2.15. The topological polar surface area (TPSA) is 80.0 Å². The molecule has 1 amide bonds. The van der Waals surface area contributed by atoms with E-state index in [1.165, 1.54) is 0 Å². The molecule has 1 aromatic rings. The van der Waals surface area contributed by atoms with Crippen LogP contribution in [-0.4, -0.2) is 36.2 Å². The van der Waals surface area contributed by atoms with Gasteiger partial charge in [0, 0.05) is 33.4 Å². The first-order valence-corrected chi connectivity index (χ1v) is 5.43. The minimum atomic E-state index is 0.0793. The number of aromatic nitrogens is 2. The van der Waals surface area contributed by atoms with E-state index in [1.807, 2.05) is 0 Å². The van der Waals surface area contributed by atoms with Gasteiger partial charge in [0.1, 0.15) is 0 Å². The van der Waals surface area contributed by atoms with E-state index >= 15 is 0 Å². The Bertz CT molecular complexity index is 324. The normalized spacial score (nSPS) is 10.4. The van der Waals surface area contributed by atoms with Crippen LogP contribution in [-0.2, 0) is 11.2 Å². The van der Waals surface area contributed by atoms with E-state index in [0.29, 0.717) is 12.3 Å². The standard InChI is InChI=1S/C10H18N4O2/c1-8-13-9(14-16-8)5-7-12-6-3-4-10(15)11-2/h12H,3-7H2,1-2H3,(H,11,15). The van der Waals surface area contributed by atoms with Crippen molar-refractivity contribution < 1.29 is 9.32 Å². The smallest absolute Gasteiger partial charge is 0.223 e. The van der Waals surface area contributed by atoms with Crippen LogP contribution in [0.3, 0.4) is 0 Å². The van der Waals surface area contributed by atoms with Crippen LogP contribution in [0.1, 0.15) is 24.6 Å². The van der Waals surface area contributed by atoms with Gasteiger partial charge < -0.3 is 15.2 Å². The summed E-state index contributed by atoms with van der Waals surface area (Å²) in [6.45, 7) is 3.39. The monoisotopic (exact) mass is 226 g/mol. The lowest BCUT2D eigenvalue weighted by molar-refractivity contribution is -0.120. The molecule has 90 valence electrons. The molecule has 0 fully saturated rings. The Balaban J connectivity index is 1.98. The molecule has 1 rings (SSSR count). The molecule has 16 heavy (non-hydrogen) atoms. The predicted molar refractivity (Wildman–Crippen MR) is 58.9 cm³/mol. The maximum atomic E-state index is 10.9. The van der Waals surface area contributed by atoms with Gasteiger partial charge in [-0.3, -0.25) is 4.79 Å². The van der Waals surface area contributed by atoms with Crippen molar-refractivity contribution in [3.05, 3.63) is 11.7 Å². The van der Waals surface area contributed by atoms with Crippen LogP contribution in [0, 0.1) is 6.92 Å². The maximum absolute atomic E-state index is 10.9. The van der Waals surface area contributed by atoms with Crippen LogP contribution in [0.4, 0.5) is 0 Å². The number of carbonyl (C=O) groups is 1. The highest BCUT2D eigenvalue weighted by molar-refractivity contribution is 5.75. The summed E-state index contributed by atoms with van der Waals surface area (Å²) in [5, 5.41) is 9.59. The summed E-state index contributed by atoms with van der Waals surface area (Å²) in [5.74, 6) is 1.39. The van der Waals surface area contributed by atoms with Gasteiger partial charge in [0.2, 0.25) is 11.8 Å². The fourth-order valence-electron chi connectivity index (χ4n) is 1.27. The van der Waals surface area contributed by atoms with Crippen molar-refractivity contribution in [3.8, 4) is 0 Å². The summed E-state index contributed by atoms with van der Waals surface area (Å²) in [4.78, 5) is 15.0.